The highest BCUT2D eigenvalue weighted by atomic mass is 16.1. The average Bonchev–Trinajstić information content (AvgIpc) is 2.83. The van der Waals surface area contributed by atoms with Gasteiger partial charge < -0.3 is 9.20 Å². The van der Waals surface area contributed by atoms with E-state index in [9.17, 15) is 4.79 Å². The summed E-state index contributed by atoms with van der Waals surface area (Å²) in [6.07, 6.45) is 5.03. The molecule has 0 saturated carbocycles. The van der Waals surface area contributed by atoms with E-state index in [4.69, 9.17) is 0 Å². The number of hydrogen-bond donors (Lipinski definition) is 0. The number of rotatable bonds is 3. The molecule has 0 N–H and O–H groups in total. The third-order valence-corrected chi connectivity index (χ3v) is 3.66. The first-order valence-electron chi connectivity index (χ1n) is 6.67. The second kappa shape index (κ2) is 4.93. The van der Waals surface area contributed by atoms with Gasteiger partial charge in [-0.3, -0.25) is 0 Å². The van der Waals surface area contributed by atoms with Gasteiger partial charge in [0, 0.05) is 30.1 Å². The SMILES string of the molecule is Cc1cccc(C)c1-c1cccn2c(CC=O)cnc12. The van der Waals surface area contributed by atoms with Crippen LogP contribution in [0.1, 0.15) is 16.8 Å². The van der Waals surface area contributed by atoms with Crippen LogP contribution in [0.3, 0.4) is 0 Å². The van der Waals surface area contributed by atoms with Gasteiger partial charge in [0.1, 0.15) is 11.9 Å². The van der Waals surface area contributed by atoms with E-state index in [0.29, 0.717) is 6.42 Å². The van der Waals surface area contributed by atoms with Crippen molar-refractivity contribution < 1.29 is 4.79 Å². The Bertz CT molecular complexity index is 767. The van der Waals surface area contributed by atoms with Crippen LogP contribution >= 0.6 is 0 Å². The lowest BCUT2D eigenvalue weighted by molar-refractivity contribution is -0.107. The quantitative estimate of drug-likeness (QED) is 0.680. The van der Waals surface area contributed by atoms with Gasteiger partial charge in [-0.25, -0.2) is 4.98 Å². The molecule has 20 heavy (non-hydrogen) atoms. The van der Waals surface area contributed by atoms with Gasteiger partial charge in [0.25, 0.3) is 0 Å². The van der Waals surface area contributed by atoms with E-state index in [2.05, 4.69) is 43.1 Å². The molecule has 2 aromatic heterocycles. The molecule has 3 nitrogen and oxygen atoms in total. The van der Waals surface area contributed by atoms with Crippen LogP contribution in [0, 0.1) is 13.8 Å². The van der Waals surface area contributed by atoms with Crippen molar-refractivity contribution in [3.8, 4) is 11.1 Å². The molecule has 100 valence electrons. The van der Waals surface area contributed by atoms with Crippen molar-refractivity contribution in [3.63, 3.8) is 0 Å². The molecular formula is C17H16N2O. The van der Waals surface area contributed by atoms with E-state index < -0.39 is 0 Å². The Morgan fingerprint density at radius 1 is 1.15 bits per heavy atom. The fourth-order valence-electron chi connectivity index (χ4n) is 2.73. The third kappa shape index (κ3) is 1.92. The second-order valence-electron chi connectivity index (χ2n) is 5.00. The number of pyridine rings is 1. The van der Waals surface area contributed by atoms with Crippen molar-refractivity contribution in [1.82, 2.24) is 9.38 Å². The van der Waals surface area contributed by atoms with Crippen molar-refractivity contribution in [3.05, 3.63) is 59.5 Å². The summed E-state index contributed by atoms with van der Waals surface area (Å²) in [6, 6.07) is 10.4. The summed E-state index contributed by atoms with van der Waals surface area (Å²) < 4.78 is 2.00. The molecule has 1 aromatic carbocycles. The van der Waals surface area contributed by atoms with Crippen molar-refractivity contribution in [2.45, 2.75) is 20.3 Å². The Labute approximate surface area is 117 Å². The zero-order valence-electron chi connectivity index (χ0n) is 11.6. The van der Waals surface area contributed by atoms with Crippen molar-refractivity contribution in [2.75, 3.05) is 0 Å². The van der Waals surface area contributed by atoms with Crippen LogP contribution in [-0.4, -0.2) is 15.7 Å². The van der Waals surface area contributed by atoms with Crippen LogP contribution in [0.25, 0.3) is 16.8 Å². The molecule has 0 spiro atoms. The van der Waals surface area contributed by atoms with Gasteiger partial charge >= 0.3 is 0 Å². The molecule has 0 aliphatic carbocycles. The predicted octanol–water partition coefficient (Wildman–Crippen LogP) is 3.36. The molecule has 0 amide bonds. The molecule has 3 heteroatoms. The molecule has 3 rings (SSSR count). The molecule has 0 unspecified atom stereocenters. The fourth-order valence-corrected chi connectivity index (χ4v) is 2.73. The van der Waals surface area contributed by atoms with E-state index in [1.54, 1.807) is 6.20 Å². The van der Waals surface area contributed by atoms with Gasteiger partial charge in [-0.15, -0.1) is 0 Å². The first kappa shape index (κ1) is 12.6. The second-order valence-corrected chi connectivity index (χ2v) is 5.00. The number of aldehydes is 1. The molecule has 0 bridgehead atoms. The molecule has 0 fully saturated rings. The van der Waals surface area contributed by atoms with Gasteiger partial charge in [0.15, 0.2) is 0 Å². The van der Waals surface area contributed by atoms with Crippen LogP contribution < -0.4 is 0 Å². The summed E-state index contributed by atoms with van der Waals surface area (Å²) in [5, 5.41) is 0. The molecule has 0 atom stereocenters. The zero-order valence-corrected chi connectivity index (χ0v) is 11.6. The van der Waals surface area contributed by atoms with Crippen LogP contribution in [0.2, 0.25) is 0 Å². The maximum atomic E-state index is 10.7. The van der Waals surface area contributed by atoms with E-state index in [0.717, 1.165) is 23.2 Å². The van der Waals surface area contributed by atoms with Crippen LogP contribution in [0.5, 0.6) is 0 Å². The summed E-state index contributed by atoms with van der Waals surface area (Å²) >= 11 is 0. The van der Waals surface area contributed by atoms with Crippen molar-refractivity contribution in [1.29, 1.82) is 0 Å². The number of aryl methyl sites for hydroxylation is 2. The molecule has 2 heterocycles. The highest BCUT2D eigenvalue weighted by Gasteiger charge is 2.12. The average molecular weight is 264 g/mol. The predicted molar refractivity (Wildman–Crippen MR) is 79.9 cm³/mol. The van der Waals surface area contributed by atoms with Gasteiger partial charge in [-0.1, -0.05) is 18.2 Å². The summed E-state index contributed by atoms with van der Waals surface area (Å²) in [4.78, 5) is 15.2. The van der Waals surface area contributed by atoms with E-state index in [-0.39, 0.29) is 0 Å². The number of carbonyl (C=O) groups excluding carboxylic acids is 1. The number of benzene rings is 1. The minimum Gasteiger partial charge on any atom is -0.303 e. The van der Waals surface area contributed by atoms with Gasteiger partial charge in [-0.05, 0) is 42.7 Å². The van der Waals surface area contributed by atoms with Crippen molar-refractivity contribution >= 4 is 11.9 Å². The normalized spacial score (nSPS) is 10.9. The summed E-state index contributed by atoms with van der Waals surface area (Å²) in [6.45, 7) is 4.22. The Morgan fingerprint density at radius 2 is 1.90 bits per heavy atom. The minimum atomic E-state index is 0.386. The number of imidazole rings is 1. The Morgan fingerprint density at radius 3 is 2.60 bits per heavy atom. The lowest BCUT2D eigenvalue weighted by Gasteiger charge is -2.11. The Balaban J connectivity index is 2.30. The molecule has 3 aromatic rings. The maximum absolute atomic E-state index is 10.7. The summed E-state index contributed by atoms with van der Waals surface area (Å²) in [5.41, 5.74) is 6.63. The molecule has 0 aliphatic rings. The fraction of sp³-hybridized carbons (Fsp3) is 0.176. The standard InChI is InChI=1S/C17H16N2O/c1-12-5-3-6-13(2)16(12)15-7-4-9-19-14(8-10-20)11-18-17(15)19/h3-7,9-11H,8H2,1-2H3. The van der Waals surface area contributed by atoms with Crippen LogP contribution in [-0.2, 0) is 11.2 Å². The highest BCUT2D eigenvalue weighted by Crippen LogP contribution is 2.30. The van der Waals surface area contributed by atoms with Gasteiger partial charge in [0.05, 0.1) is 0 Å². The molecular weight excluding hydrogens is 248 g/mol. The van der Waals surface area contributed by atoms with Crippen molar-refractivity contribution in [2.24, 2.45) is 0 Å². The zero-order chi connectivity index (χ0) is 14.1. The van der Waals surface area contributed by atoms with Crippen LogP contribution in [0.4, 0.5) is 0 Å². The van der Waals surface area contributed by atoms with Crippen LogP contribution in [0.15, 0.2) is 42.7 Å². The first-order valence-corrected chi connectivity index (χ1v) is 6.67. The van der Waals surface area contributed by atoms with Gasteiger partial charge in [0.2, 0.25) is 0 Å². The number of hydrogen-bond acceptors (Lipinski definition) is 2. The number of aromatic nitrogens is 2. The molecule has 0 radical (unpaired) electrons. The lowest BCUT2D eigenvalue weighted by Crippen LogP contribution is -1.96. The van der Waals surface area contributed by atoms with E-state index >= 15 is 0 Å². The van der Waals surface area contributed by atoms with E-state index in [1.807, 2.05) is 16.7 Å². The van der Waals surface area contributed by atoms with Gasteiger partial charge in [-0.2, -0.15) is 0 Å². The third-order valence-electron chi connectivity index (χ3n) is 3.66. The maximum Gasteiger partial charge on any atom is 0.144 e. The number of nitrogens with zero attached hydrogens (tertiary/aromatic N) is 2. The Kier molecular flexibility index (Phi) is 3.11. The topological polar surface area (TPSA) is 34.4 Å². The monoisotopic (exact) mass is 264 g/mol. The van der Waals surface area contributed by atoms with E-state index in [1.165, 1.54) is 16.7 Å². The summed E-state index contributed by atoms with van der Waals surface area (Å²) in [7, 11) is 0. The highest BCUT2D eigenvalue weighted by molar-refractivity contribution is 5.82. The smallest absolute Gasteiger partial charge is 0.144 e. The minimum absolute atomic E-state index is 0.386. The molecule has 0 saturated heterocycles. The number of carbonyl (C=O) groups is 1. The molecule has 0 aliphatic heterocycles. The summed E-state index contributed by atoms with van der Waals surface area (Å²) in [5.74, 6) is 0. The Hall–Kier alpha value is -2.42. The lowest BCUT2D eigenvalue weighted by atomic mass is 9.96. The first-order chi connectivity index (χ1) is 9.72. The number of fused-ring (bicyclic) bond motifs is 1. The largest absolute Gasteiger partial charge is 0.303 e.